The van der Waals surface area contributed by atoms with Crippen LogP contribution in [0.2, 0.25) is 0 Å². The van der Waals surface area contributed by atoms with Gasteiger partial charge in [-0.05, 0) is 33.6 Å². The number of hydrogen-bond donors (Lipinski definition) is 0. The summed E-state index contributed by atoms with van der Waals surface area (Å²) in [4.78, 5) is 15.3. The average molecular weight is 295 g/mol. The zero-order valence-electron chi connectivity index (χ0n) is 9.26. The molecule has 0 atom stereocenters. The van der Waals surface area contributed by atoms with Crippen molar-refractivity contribution >= 4 is 21.9 Å². The number of carbonyl (C=O) groups excluding carboxylic acids is 1. The Morgan fingerprint density at radius 1 is 1.41 bits per heavy atom. The summed E-state index contributed by atoms with van der Waals surface area (Å²) in [5.41, 5.74) is 1.66. The van der Waals surface area contributed by atoms with Gasteiger partial charge in [-0.1, -0.05) is 12.1 Å². The van der Waals surface area contributed by atoms with Gasteiger partial charge in [0.25, 0.3) is 0 Å². The molecule has 0 aliphatic rings. The van der Waals surface area contributed by atoms with E-state index in [1.807, 2.05) is 22.9 Å². The number of hydrogen-bond acceptors (Lipinski definition) is 3. The fourth-order valence-corrected chi connectivity index (χ4v) is 1.85. The molecule has 0 aliphatic heterocycles. The van der Waals surface area contributed by atoms with Crippen molar-refractivity contribution in [2.75, 3.05) is 7.11 Å². The van der Waals surface area contributed by atoms with Gasteiger partial charge in [-0.3, -0.25) is 0 Å². The second-order valence-electron chi connectivity index (χ2n) is 3.56. The normalized spacial score (nSPS) is 10.2. The Hall–Kier alpha value is -1.62. The van der Waals surface area contributed by atoms with Crippen LogP contribution in [0.3, 0.4) is 0 Å². The highest BCUT2D eigenvalue weighted by molar-refractivity contribution is 9.10. The first-order chi connectivity index (χ1) is 8.19. The molecule has 1 aromatic heterocycles. The molecule has 0 saturated heterocycles. The average Bonchev–Trinajstić information content (AvgIpc) is 2.75. The van der Waals surface area contributed by atoms with Crippen LogP contribution in [-0.4, -0.2) is 22.6 Å². The summed E-state index contributed by atoms with van der Waals surface area (Å²) in [5, 5.41) is 0. The number of halogens is 1. The summed E-state index contributed by atoms with van der Waals surface area (Å²) in [6, 6.07) is 7.32. The maximum absolute atomic E-state index is 11.2. The van der Waals surface area contributed by atoms with Gasteiger partial charge in [0.2, 0.25) is 0 Å². The lowest BCUT2D eigenvalue weighted by atomic mass is 10.1. The van der Waals surface area contributed by atoms with Crippen LogP contribution >= 0.6 is 15.9 Å². The largest absolute Gasteiger partial charge is 0.465 e. The fourth-order valence-electron chi connectivity index (χ4n) is 1.49. The van der Waals surface area contributed by atoms with E-state index in [1.165, 1.54) is 7.11 Å². The van der Waals surface area contributed by atoms with Gasteiger partial charge in [-0.2, -0.15) is 0 Å². The van der Waals surface area contributed by atoms with Gasteiger partial charge in [0.15, 0.2) is 0 Å². The number of carbonyl (C=O) groups is 1. The van der Waals surface area contributed by atoms with E-state index >= 15 is 0 Å². The van der Waals surface area contributed by atoms with E-state index in [0.717, 1.165) is 16.7 Å². The zero-order chi connectivity index (χ0) is 12.3. The summed E-state index contributed by atoms with van der Waals surface area (Å²) in [6.45, 7) is 0.722. The number of imidazole rings is 1. The molecule has 0 amide bonds. The lowest BCUT2D eigenvalue weighted by molar-refractivity contribution is 0.0600. The van der Waals surface area contributed by atoms with E-state index in [2.05, 4.69) is 25.7 Å². The standard InChI is InChI=1S/C12H11BrN2O2/c1-17-12(16)10-4-2-9(3-5-10)6-15-7-11(13)14-8-15/h2-5,7-8H,6H2,1H3. The quantitative estimate of drug-likeness (QED) is 0.817. The Morgan fingerprint density at radius 2 is 2.12 bits per heavy atom. The van der Waals surface area contributed by atoms with E-state index in [4.69, 9.17) is 0 Å². The van der Waals surface area contributed by atoms with Crippen molar-refractivity contribution in [2.24, 2.45) is 0 Å². The van der Waals surface area contributed by atoms with Crippen molar-refractivity contribution in [3.8, 4) is 0 Å². The van der Waals surface area contributed by atoms with Gasteiger partial charge in [0.05, 0.1) is 19.0 Å². The van der Waals surface area contributed by atoms with Gasteiger partial charge in [0, 0.05) is 12.7 Å². The molecule has 0 fully saturated rings. The number of methoxy groups -OCH3 is 1. The highest BCUT2D eigenvalue weighted by atomic mass is 79.9. The maximum Gasteiger partial charge on any atom is 0.337 e. The topological polar surface area (TPSA) is 44.1 Å². The van der Waals surface area contributed by atoms with Crippen LogP contribution in [0, 0.1) is 0 Å². The third kappa shape index (κ3) is 2.94. The Labute approximate surface area is 107 Å². The Kier molecular flexibility index (Phi) is 3.58. The van der Waals surface area contributed by atoms with Crippen molar-refractivity contribution in [1.82, 2.24) is 9.55 Å². The van der Waals surface area contributed by atoms with Crippen LogP contribution in [0.5, 0.6) is 0 Å². The van der Waals surface area contributed by atoms with Crippen LogP contribution in [0.1, 0.15) is 15.9 Å². The van der Waals surface area contributed by atoms with E-state index in [0.29, 0.717) is 5.56 Å². The predicted octanol–water partition coefficient (Wildman–Crippen LogP) is 2.48. The smallest absolute Gasteiger partial charge is 0.337 e. The summed E-state index contributed by atoms with van der Waals surface area (Å²) in [5.74, 6) is -0.318. The van der Waals surface area contributed by atoms with Gasteiger partial charge >= 0.3 is 5.97 Å². The fraction of sp³-hybridized carbons (Fsp3) is 0.167. The molecule has 0 bridgehead atoms. The lowest BCUT2D eigenvalue weighted by Crippen LogP contribution is -2.02. The number of rotatable bonds is 3. The van der Waals surface area contributed by atoms with Crippen molar-refractivity contribution in [3.63, 3.8) is 0 Å². The summed E-state index contributed by atoms with van der Waals surface area (Å²) < 4.78 is 7.40. The molecular weight excluding hydrogens is 284 g/mol. The van der Waals surface area contributed by atoms with E-state index in [1.54, 1.807) is 18.5 Å². The molecule has 0 aliphatic carbocycles. The first-order valence-corrected chi connectivity index (χ1v) is 5.83. The van der Waals surface area contributed by atoms with Crippen LogP contribution < -0.4 is 0 Å². The molecule has 5 heteroatoms. The maximum atomic E-state index is 11.2. The summed E-state index contributed by atoms with van der Waals surface area (Å²) in [6.07, 6.45) is 3.65. The minimum Gasteiger partial charge on any atom is -0.465 e. The zero-order valence-corrected chi connectivity index (χ0v) is 10.8. The first-order valence-electron chi connectivity index (χ1n) is 5.03. The molecular formula is C12H11BrN2O2. The van der Waals surface area contributed by atoms with Crippen LogP contribution in [0.25, 0.3) is 0 Å². The highest BCUT2D eigenvalue weighted by Crippen LogP contribution is 2.10. The van der Waals surface area contributed by atoms with Gasteiger partial charge in [-0.15, -0.1) is 0 Å². The molecule has 0 unspecified atom stereocenters. The lowest BCUT2D eigenvalue weighted by Gasteiger charge is -2.03. The Bertz CT molecular complexity index is 520. The second kappa shape index (κ2) is 5.14. The number of aromatic nitrogens is 2. The molecule has 0 N–H and O–H groups in total. The third-order valence-corrected chi connectivity index (χ3v) is 2.75. The van der Waals surface area contributed by atoms with E-state index < -0.39 is 0 Å². The number of ether oxygens (including phenoxy) is 1. The van der Waals surface area contributed by atoms with Crippen LogP contribution in [0.15, 0.2) is 41.4 Å². The van der Waals surface area contributed by atoms with Crippen LogP contribution in [-0.2, 0) is 11.3 Å². The minimum absolute atomic E-state index is 0.318. The van der Waals surface area contributed by atoms with Crippen molar-refractivity contribution in [1.29, 1.82) is 0 Å². The summed E-state index contributed by atoms with van der Waals surface area (Å²) >= 11 is 3.29. The molecule has 88 valence electrons. The van der Waals surface area contributed by atoms with Gasteiger partial charge < -0.3 is 9.30 Å². The van der Waals surface area contributed by atoms with Gasteiger partial charge in [0.1, 0.15) is 4.60 Å². The molecule has 0 saturated carbocycles. The number of benzene rings is 1. The Morgan fingerprint density at radius 3 is 2.65 bits per heavy atom. The molecule has 17 heavy (non-hydrogen) atoms. The van der Waals surface area contributed by atoms with Crippen molar-refractivity contribution in [2.45, 2.75) is 6.54 Å². The van der Waals surface area contributed by atoms with Gasteiger partial charge in [-0.25, -0.2) is 9.78 Å². The van der Waals surface area contributed by atoms with E-state index in [-0.39, 0.29) is 5.97 Å². The molecule has 2 aromatic rings. The predicted molar refractivity (Wildman–Crippen MR) is 66.8 cm³/mol. The molecule has 1 aromatic carbocycles. The molecule has 2 rings (SSSR count). The van der Waals surface area contributed by atoms with Crippen LogP contribution in [0.4, 0.5) is 0 Å². The number of nitrogens with zero attached hydrogens (tertiary/aromatic N) is 2. The molecule has 4 nitrogen and oxygen atoms in total. The molecule has 0 spiro atoms. The minimum atomic E-state index is -0.318. The second-order valence-corrected chi connectivity index (χ2v) is 4.37. The number of esters is 1. The first kappa shape index (κ1) is 11.9. The third-order valence-electron chi connectivity index (χ3n) is 2.34. The Balaban J connectivity index is 2.10. The summed E-state index contributed by atoms with van der Waals surface area (Å²) in [7, 11) is 1.37. The molecule has 0 radical (unpaired) electrons. The van der Waals surface area contributed by atoms with Crippen molar-refractivity contribution < 1.29 is 9.53 Å². The molecule has 1 heterocycles. The highest BCUT2D eigenvalue weighted by Gasteiger charge is 2.04. The van der Waals surface area contributed by atoms with Crippen molar-refractivity contribution in [3.05, 3.63) is 52.5 Å². The van der Waals surface area contributed by atoms with E-state index in [9.17, 15) is 4.79 Å². The monoisotopic (exact) mass is 294 g/mol. The SMILES string of the molecule is COC(=O)c1ccc(Cn2cnc(Br)c2)cc1.